The number of ether oxygens (including phenoxy) is 1. The minimum absolute atomic E-state index is 0.0552. The standard InChI is InChI=1S/C30H33NO3/c32-23-6-10-28-22(18-23)12-13-30(28)20-27(26-19-24(33)7-11-29(26)30)21-4-8-25(9-5-21)34-17-16-31-14-2-1-3-15-31/h4-11,18-19,27,32-33H,1-3,12-17,20H2/t27-,30-/m1/s1. The molecule has 6 rings (SSSR count). The number of phenols is 2. The third kappa shape index (κ3) is 3.74. The predicted octanol–water partition coefficient (Wildman–Crippen LogP) is 5.73. The normalized spacial score (nSPS) is 23.7. The Morgan fingerprint density at radius 2 is 1.59 bits per heavy atom. The van der Waals surface area contributed by atoms with Crippen LogP contribution >= 0.6 is 0 Å². The monoisotopic (exact) mass is 455 g/mol. The first-order valence-electron chi connectivity index (χ1n) is 12.7. The lowest BCUT2D eigenvalue weighted by atomic mass is 9.76. The topological polar surface area (TPSA) is 52.9 Å². The van der Waals surface area contributed by atoms with Gasteiger partial charge in [0, 0.05) is 17.9 Å². The summed E-state index contributed by atoms with van der Waals surface area (Å²) in [4.78, 5) is 2.50. The van der Waals surface area contributed by atoms with Crippen LogP contribution in [0.1, 0.15) is 65.8 Å². The van der Waals surface area contributed by atoms with E-state index in [-0.39, 0.29) is 11.3 Å². The molecule has 0 saturated carbocycles. The quantitative estimate of drug-likeness (QED) is 0.516. The first-order valence-corrected chi connectivity index (χ1v) is 12.7. The molecule has 3 aliphatic rings. The van der Waals surface area contributed by atoms with Crippen molar-refractivity contribution in [2.24, 2.45) is 0 Å². The van der Waals surface area contributed by atoms with Crippen molar-refractivity contribution in [2.45, 2.75) is 49.9 Å². The van der Waals surface area contributed by atoms with Gasteiger partial charge in [0.15, 0.2) is 0 Å². The van der Waals surface area contributed by atoms with Gasteiger partial charge in [0.25, 0.3) is 0 Å². The summed E-state index contributed by atoms with van der Waals surface area (Å²) < 4.78 is 6.06. The largest absolute Gasteiger partial charge is 0.508 e. The maximum absolute atomic E-state index is 10.3. The Hall–Kier alpha value is -2.98. The minimum atomic E-state index is -0.0552. The molecule has 1 spiro atoms. The Kier molecular flexibility index (Phi) is 5.49. The first-order chi connectivity index (χ1) is 16.6. The molecule has 0 aromatic heterocycles. The summed E-state index contributed by atoms with van der Waals surface area (Å²) in [5.41, 5.74) is 6.33. The SMILES string of the molecule is Oc1ccc2c(c1)CC[C@@]21C[C@H](c2ccc(OCCN3CCCCC3)cc2)c2cc(O)ccc21. The van der Waals surface area contributed by atoms with Crippen LogP contribution in [0.3, 0.4) is 0 Å². The molecule has 1 saturated heterocycles. The zero-order chi connectivity index (χ0) is 23.1. The van der Waals surface area contributed by atoms with Gasteiger partial charge in [-0.05, 0) is 109 Å². The van der Waals surface area contributed by atoms with Gasteiger partial charge < -0.3 is 14.9 Å². The number of nitrogens with zero attached hydrogens (tertiary/aromatic N) is 1. The molecule has 2 aliphatic carbocycles. The van der Waals surface area contributed by atoms with E-state index in [9.17, 15) is 10.2 Å². The Labute approximate surface area is 201 Å². The van der Waals surface area contributed by atoms with Crippen molar-refractivity contribution < 1.29 is 14.9 Å². The van der Waals surface area contributed by atoms with Gasteiger partial charge in [-0.15, -0.1) is 0 Å². The fourth-order valence-electron chi connectivity index (χ4n) is 6.64. The Morgan fingerprint density at radius 3 is 2.38 bits per heavy atom. The number of piperidine rings is 1. The summed E-state index contributed by atoms with van der Waals surface area (Å²) in [5, 5.41) is 20.3. The van der Waals surface area contributed by atoms with Gasteiger partial charge >= 0.3 is 0 Å². The van der Waals surface area contributed by atoms with Crippen LogP contribution in [0.2, 0.25) is 0 Å². The summed E-state index contributed by atoms with van der Waals surface area (Å²) in [6.45, 7) is 4.11. The zero-order valence-corrected chi connectivity index (χ0v) is 19.7. The van der Waals surface area contributed by atoms with E-state index >= 15 is 0 Å². The van der Waals surface area contributed by atoms with Gasteiger partial charge in [0.05, 0.1) is 0 Å². The Morgan fingerprint density at radius 1 is 0.853 bits per heavy atom. The smallest absolute Gasteiger partial charge is 0.119 e. The molecule has 1 aliphatic heterocycles. The number of hydrogen-bond acceptors (Lipinski definition) is 4. The Balaban J connectivity index is 1.24. The highest BCUT2D eigenvalue weighted by Gasteiger charge is 2.48. The van der Waals surface area contributed by atoms with Gasteiger partial charge in [-0.1, -0.05) is 30.7 Å². The lowest BCUT2D eigenvalue weighted by Crippen LogP contribution is -2.33. The van der Waals surface area contributed by atoms with E-state index in [2.05, 4.69) is 41.3 Å². The van der Waals surface area contributed by atoms with Crippen LogP contribution in [0.15, 0.2) is 60.7 Å². The second-order valence-electron chi connectivity index (χ2n) is 10.3. The number of rotatable bonds is 5. The van der Waals surface area contributed by atoms with Crippen LogP contribution < -0.4 is 4.74 Å². The van der Waals surface area contributed by atoms with E-state index in [0.29, 0.717) is 11.5 Å². The van der Waals surface area contributed by atoms with E-state index in [1.165, 1.54) is 60.2 Å². The number of aromatic hydroxyl groups is 2. The van der Waals surface area contributed by atoms with E-state index in [0.717, 1.165) is 38.2 Å². The number of phenolic OH excluding ortho intramolecular Hbond substituents is 2. The number of likely N-dealkylation sites (tertiary alicyclic amines) is 1. The zero-order valence-electron chi connectivity index (χ0n) is 19.7. The molecule has 4 nitrogen and oxygen atoms in total. The highest BCUT2D eigenvalue weighted by molar-refractivity contribution is 5.59. The molecule has 0 bridgehead atoms. The maximum atomic E-state index is 10.3. The first kappa shape index (κ1) is 21.5. The van der Waals surface area contributed by atoms with E-state index in [1.54, 1.807) is 0 Å². The molecule has 2 N–H and O–H groups in total. The van der Waals surface area contributed by atoms with E-state index in [1.807, 2.05) is 24.3 Å². The van der Waals surface area contributed by atoms with Crippen molar-refractivity contribution in [3.8, 4) is 17.2 Å². The van der Waals surface area contributed by atoms with Crippen LogP contribution in [0.25, 0.3) is 0 Å². The van der Waals surface area contributed by atoms with Gasteiger partial charge in [0.2, 0.25) is 0 Å². The lowest BCUT2D eigenvalue weighted by Gasteiger charge is -2.27. The second kappa shape index (κ2) is 8.66. The number of benzene rings is 3. The average Bonchev–Trinajstić information content (AvgIpc) is 3.38. The summed E-state index contributed by atoms with van der Waals surface area (Å²) in [7, 11) is 0. The molecule has 1 heterocycles. The van der Waals surface area contributed by atoms with E-state index < -0.39 is 0 Å². The van der Waals surface area contributed by atoms with Crippen molar-refractivity contribution in [3.63, 3.8) is 0 Å². The van der Waals surface area contributed by atoms with Crippen molar-refractivity contribution in [1.29, 1.82) is 0 Å². The van der Waals surface area contributed by atoms with Crippen molar-refractivity contribution >= 4 is 0 Å². The van der Waals surface area contributed by atoms with Crippen molar-refractivity contribution in [1.82, 2.24) is 4.90 Å². The average molecular weight is 456 g/mol. The molecule has 1 fully saturated rings. The minimum Gasteiger partial charge on any atom is -0.508 e. The molecule has 2 atom stereocenters. The lowest BCUT2D eigenvalue weighted by molar-refractivity contribution is 0.183. The predicted molar refractivity (Wildman–Crippen MR) is 134 cm³/mol. The Bertz CT molecular complexity index is 1180. The third-order valence-electron chi connectivity index (χ3n) is 8.31. The molecule has 0 amide bonds. The van der Waals surface area contributed by atoms with Gasteiger partial charge in [0.1, 0.15) is 23.9 Å². The summed E-state index contributed by atoms with van der Waals surface area (Å²) in [5.74, 6) is 1.81. The number of hydrogen-bond donors (Lipinski definition) is 2. The maximum Gasteiger partial charge on any atom is 0.119 e. The molecular weight excluding hydrogens is 422 g/mol. The van der Waals surface area contributed by atoms with Gasteiger partial charge in [-0.2, -0.15) is 0 Å². The van der Waals surface area contributed by atoms with Crippen LogP contribution in [-0.4, -0.2) is 41.4 Å². The second-order valence-corrected chi connectivity index (χ2v) is 10.3. The molecular formula is C30H33NO3. The molecule has 0 radical (unpaired) electrons. The van der Waals surface area contributed by atoms with Crippen LogP contribution in [-0.2, 0) is 11.8 Å². The van der Waals surface area contributed by atoms with E-state index in [4.69, 9.17) is 4.74 Å². The molecule has 0 unspecified atom stereocenters. The third-order valence-corrected chi connectivity index (χ3v) is 8.31. The molecule has 176 valence electrons. The molecule has 3 aromatic rings. The van der Waals surface area contributed by atoms with Crippen molar-refractivity contribution in [3.05, 3.63) is 88.5 Å². The fraction of sp³-hybridized carbons (Fsp3) is 0.400. The van der Waals surface area contributed by atoms with Gasteiger partial charge in [-0.25, -0.2) is 0 Å². The van der Waals surface area contributed by atoms with Crippen molar-refractivity contribution in [2.75, 3.05) is 26.2 Å². The number of aryl methyl sites for hydroxylation is 1. The summed E-state index contributed by atoms with van der Waals surface area (Å²) in [6.07, 6.45) is 6.97. The van der Waals surface area contributed by atoms with Crippen LogP contribution in [0, 0.1) is 0 Å². The molecule has 34 heavy (non-hydrogen) atoms. The molecule has 4 heteroatoms. The molecule has 3 aromatic carbocycles. The highest BCUT2D eigenvalue weighted by Crippen LogP contribution is 2.58. The summed E-state index contributed by atoms with van der Waals surface area (Å²) >= 11 is 0. The van der Waals surface area contributed by atoms with Gasteiger partial charge in [-0.3, -0.25) is 4.90 Å². The fourth-order valence-corrected chi connectivity index (χ4v) is 6.64. The highest BCUT2D eigenvalue weighted by atomic mass is 16.5. The summed E-state index contributed by atoms with van der Waals surface area (Å²) in [6, 6.07) is 20.3. The van der Waals surface area contributed by atoms with Crippen LogP contribution in [0.5, 0.6) is 17.2 Å². The number of fused-ring (bicyclic) bond motifs is 4. The van der Waals surface area contributed by atoms with Crippen LogP contribution in [0.4, 0.5) is 0 Å².